The highest BCUT2D eigenvalue weighted by atomic mass is 19.1. The number of nitrogen functional groups attached to an aromatic ring is 1. The van der Waals surface area contributed by atoms with E-state index in [9.17, 15) is 4.39 Å². The maximum Gasteiger partial charge on any atom is 0.222 e. The Morgan fingerprint density at radius 1 is 1.05 bits per heavy atom. The minimum atomic E-state index is -0.238. The summed E-state index contributed by atoms with van der Waals surface area (Å²) in [5, 5.41) is 0.941. The summed E-state index contributed by atoms with van der Waals surface area (Å²) < 4.78 is 13.0. The second-order valence-corrected chi connectivity index (χ2v) is 4.91. The van der Waals surface area contributed by atoms with Crippen LogP contribution in [0.5, 0.6) is 0 Å². The fourth-order valence-corrected chi connectivity index (χ4v) is 2.31. The molecule has 2 aromatic carbocycles. The summed E-state index contributed by atoms with van der Waals surface area (Å²) in [6, 6.07) is 14.2. The first kappa shape index (κ1) is 13.3. The summed E-state index contributed by atoms with van der Waals surface area (Å²) in [6.07, 6.45) is 0. The van der Waals surface area contributed by atoms with Gasteiger partial charge in [-0.05, 0) is 29.8 Å². The smallest absolute Gasteiger partial charge is 0.222 e. The maximum atomic E-state index is 13.0. The van der Waals surface area contributed by atoms with Gasteiger partial charge in [0.15, 0.2) is 0 Å². The van der Waals surface area contributed by atoms with Gasteiger partial charge in [0.1, 0.15) is 11.6 Å². The van der Waals surface area contributed by atoms with Crippen LogP contribution in [0.1, 0.15) is 5.56 Å². The van der Waals surface area contributed by atoms with E-state index in [0.29, 0.717) is 6.54 Å². The van der Waals surface area contributed by atoms with Crippen LogP contribution in [0.25, 0.3) is 10.9 Å². The van der Waals surface area contributed by atoms with Crippen molar-refractivity contribution in [3.8, 4) is 0 Å². The van der Waals surface area contributed by atoms with Crippen LogP contribution in [0.3, 0.4) is 0 Å². The van der Waals surface area contributed by atoms with Crippen molar-refractivity contribution in [2.24, 2.45) is 0 Å². The third-order valence-electron chi connectivity index (χ3n) is 3.29. The second-order valence-electron chi connectivity index (χ2n) is 4.91. The number of nitrogens with two attached hydrogens (primary N) is 1. The number of para-hydroxylation sites is 1. The highest BCUT2D eigenvalue weighted by Gasteiger charge is 2.10. The van der Waals surface area contributed by atoms with Crippen LogP contribution in [-0.2, 0) is 6.54 Å². The van der Waals surface area contributed by atoms with Crippen LogP contribution in [-0.4, -0.2) is 17.0 Å². The van der Waals surface area contributed by atoms with Gasteiger partial charge in [-0.2, -0.15) is 4.98 Å². The molecule has 0 aliphatic carbocycles. The van der Waals surface area contributed by atoms with Gasteiger partial charge >= 0.3 is 0 Å². The normalized spacial score (nSPS) is 10.8. The van der Waals surface area contributed by atoms with E-state index in [1.165, 1.54) is 12.1 Å². The number of hydrogen-bond acceptors (Lipinski definition) is 4. The Balaban J connectivity index is 1.97. The maximum absolute atomic E-state index is 13.0. The van der Waals surface area contributed by atoms with Gasteiger partial charge in [0.2, 0.25) is 5.95 Å². The quantitative estimate of drug-likeness (QED) is 0.802. The van der Waals surface area contributed by atoms with Crippen molar-refractivity contribution in [3.05, 3.63) is 59.9 Å². The lowest BCUT2D eigenvalue weighted by atomic mass is 10.2. The number of rotatable bonds is 3. The molecule has 3 aromatic rings. The lowest BCUT2D eigenvalue weighted by molar-refractivity contribution is 0.627. The third kappa shape index (κ3) is 2.76. The predicted octanol–water partition coefficient (Wildman–Crippen LogP) is 2.99. The molecule has 0 saturated carbocycles. The molecule has 2 N–H and O–H groups in total. The first-order chi connectivity index (χ1) is 10.1. The fraction of sp³-hybridized carbons (Fsp3) is 0.125. The molecule has 5 heteroatoms. The SMILES string of the molecule is CN(Cc1ccc(F)cc1)c1nc(N)nc2ccccc12. The van der Waals surface area contributed by atoms with Crippen LogP contribution < -0.4 is 10.6 Å². The number of benzene rings is 2. The molecule has 1 heterocycles. The zero-order valence-corrected chi connectivity index (χ0v) is 11.6. The molecule has 0 fully saturated rings. The molecule has 21 heavy (non-hydrogen) atoms. The summed E-state index contributed by atoms with van der Waals surface area (Å²) in [5.74, 6) is 0.773. The highest BCUT2D eigenvalue weighted by Crippen LogP contribution is 2.24. The van der Waals surface area contributed by atoms with Crippen molar-refractivity contribution in [2.75, 3.05) is 17.7 Å². The Hall–Kier alpha value is -2.69. The standard InChI is InChI=1S/C16H15FN4/c1-21(10-11-6-8-12(17)9-7-11)15-13-4-2-3-5-14(13)19-16(18)20-15/h2-9H,10H2,1H3,(H2,18,19,20). The van der Waals surface area contributed by atoms with E-state index in [2.05, 4.69) is 9.97 Å². The molecule has 0 atom stereocenters. The third-order valence-corrected chi connectivity index (χ3v) is 3.29. The summed E-state index contributed by atoms with van der Waals surface area (Å²) in [4.78, 5) is 10.5. The van der Waals surface area contributed by atoms with E-state index in [4.69, 9.17) is 5.73 Å². The lowest BCUT2D eigenvalue weighted by Gasteiger charge is -2.20. The molecule has 0 saturated heterocycles. The summed E-state index contributed by atoms with van der Waals surface area (Å²) in [7, 11) is 1.93. The van der Waals surface area contributed by atoms with Crippen LogP contribution in [0.4, 0.5) is 16.2 Å². The van der Waals surface area contributed by atoms with Crippen molar-refractivity contribution in [1.29, 1.82) is 0 Å². The van der Waals surface area contributed by atoms with Crippen molar-refractivity contribution in [3.63, 3.8) is 0 Å². The van der Waals surface area contributed by atoms with Crippen LogP contribution in [0.15, 0.2) is 48.5 Å². The van der Waals surface area contributed by atoms with Crippen molar-refractivity contribution in [1.82, 2.24) is 9.97 Å². The monoisotopic (exact) mass is 282 g/mol. The van der Waals surface area contributed by atoms with Gasteiger partial charge in [0.05, 0.1) is 5.52 Å². The topological polar surface area (TPSA) is 55.0 Å². The Morgan fingerprint density at radius 2 is 1.76 bits per heavy atom. The average Bonchev–Trinajstić information content (AvgIpc) is 2.48. The molecular formula is C16H15FN4. The number of nitrogens with zero attached hydrogens (tertiary/aromatic N) is 3. The minimum Gasteiger partial charge on any atom is -0.368 e. The summed E-state index contributed by atoms with van der Waals surface area (Å²) >= 11 is 0. The molecule has 3 rings (SSSR count). The Bertz CT molecular complexity index is 771. The van der Waals surface area contributed by atoms with Gasteiger partial charge in [-0.1, -0.05) is 24.3 Å². The van der Waals surface area contributed by atoms with Gasteiger partial charge in [0.25, 0.3) is 0 Å². The first-order valence-electron chi connectivity index (χ1n) is 6.61. The van der Waals surface area contributed by atoms with Gasteiger partial charge in [0, 0.05) is 19.0 Å². The lowest BCUT2D eigenvalue weighted by Crippen LogP contribution is -2.19. The molecule has 0 aliphatic rings. The van der Waals surface area contributed by atoms with E-state index in [1.807, 2.05) is 36.2 Å². The van der Waals surface area contributed by atoms with E-state index in [1.54, 1.807) is 12.1 Å². The van der Waals surface area contributed by atoms with Gasteiger partial charge < -0.3 is 10.6 Å². The van der Waals surface area contributed by atoms with E-state index < -0.39 is 0 Å². The number of hydrogen-bond donors (Lipinski definition) is 1. The Kier molecular flexibility index (Phi) is 3.39. The predicted molar refractivity (Wildman–Crippen MR) is 82.5 cm³/mol. The van der Waals surface area contributed by atoms with Crippen molar-refractivity contribution < 1.29 is 4.39 Å². The first-order valence-corrected chi connectivity index (χ1v) is 6.61. The fourth-order valence-electron chi connectivity index (χ4n) is 2.31. The molecule has 0 spiro atoms. The zero-order chi connectivity index (χ0) is 14.8. The molecule has 0 unspecified atom stereocenters. The number of fused-ring (bicyclic) bond motifs is 1. The average molecular weight is 282 g/mol. The number of aromatic nitrogens is 2. The molecule has 4 nitrogen and oxygen atoms in total. The van der Waals surface area contributed by atoms with Gasteiger partial charge in [-0.3, -0.25) is 0 Å². The van der Waals surface area contributed by atoms with Crippen LogP contribution in [0, 0.1) is 5.82 Å². The molecule has 0 amide bonds. The minimum absolute atomic E-state index is 0.238. The van der Waals surface area contributed by atoms with Crippen LogP contribution in [0.2, 0.25) is 0 Å². The molecule has 106 valence electrons. The molecule has 0 bridgehead atoms. The molecule has 0 aliphatic heterocycles. The van der Waals surface area contributed by atoms with Crippen molar-refractivity contribution in [2.45, 2.75) is 6.54 Å². The number of halogens is 1. The van der Waals surface area contributed by atoms with Gasteiger partial charge in [-0.25, -0.2) is 9.37 Å². The Morgan fingerprint density at radius 3 is 2.52 bits per heavy atom. The zero-order valence-electron chi connectivity index (χ0n) is 11.6. The summed E-state index contributed by atoms with van der Waals surface area (Å²) in [5.41, 5.74) is 7.59. The van der Waals surface area contributed by atoms with Crippen LogP contribution >= 0.6 is 0 Å². The largest absolute Gasteiger partial charge is 0.368 e. The summed E-state index contributed by atoms with van der Waals surface area (Å²) in [6.45, 7) is 0.612. The van der Waals surface area contributed by atoms with Crippen molar-refractivity contribution >= 4 is 22.7 Å². The highest BCUT2D eigenvalue weighted by molar-refractivity contribution is 5.90. The molecule has 0 radical (unpaired) electrons. The second kappa shape index (κ2) is 5.36. The van der Waals surface area contributed by atoms with E-state index >= 15 is 0 Å². The Labute approximate surface area is 122 Å². The van der Waals surface area contributed by atoms with Gasteiger partial charge in [-0.15, -0.1) is 0 Å². The number of anilines is 2. The van der Waals surface area contributed by atoms with E-state index in [-0.39, 0.29) is 11.8 Å². The van der Waals surface area contributed by atoms with E-state index in [0.717, 1.165) is 22.3 Å². The molecular weight excluding hydrogens is 267 g/mol. The molecule has 1 aromatic heterocycles.